The van der Waals surface area contributed by atoms with E-state index in [1.807, 2.05) is 45.0 Å². The highest BCUT2D eigenvalue weighted by Gasteiger charge is 2.60. The van der Waals surface area contributed by atoms with Crippen molar-refractivity contribution in [1.82, 2.24) is 14.7 Å². The van der Waals surface area contributed by atoms with Crippen LogP contribution in [-0.2, 0) is 30.8 Å². The van der Waals surface area contributed by atoms with Crippen LogP contribution in [0.1, 0.15) is 50.8 Å². The number of carbonyl (C=O) groups is 1. The Morgan fingerprint density at radius 1 is 0.860 bits per heavy atom. The Bertz CT molecular complexity index is 1970. The Balaban J connectivity index is 1.66. The number of amidine groups is 1. The lowest BCUT2D eigenvalue weighted by molar-refractivity contribution is 0.0868. The van der Waals surface area contributed by atoms with Crippen molar-refractivity contribution < 1.29 is 26.4 Å². The minimum absolute atomic E-state index is 0.0764. The van der Waals surface area contributed by atoms with Crippen LogP contribution in [0.4, 0.5) is 4.79 Å². The molecular formula is C36H44Cl2N4O6S2. The van der Waals surface area contributed by atoms with Crippen molar-refractivity contribution in [1.29, 1.82) is 0 Å². The van der Waals surface area contributed by atoms with Gasteiger partial charge in [-0.15, -0.1) is 0 Å². The number of nitrogens with zero attached hydrogens (tertiary/aromatic N) is 4. The average molecular weight is 764 g/mol. The number of urea groups is 1. The van der Waals surface area contributed by atoms with Crippen LogP contribution in [0.2, 0.25) is 10.0 Å². The molecule has 2 amide bonds. The number of halogens is 2. The standard InChI is InChI=1S/C36H44Cl2N4O6S2/c1-6-48-32-25-30(50(46,47)7-2)17-18-31(32)33-39-35(3,26-9-13-28(37)14-10-26)36(4,27-11-15-29(38)16-12-27)42(33)34(43)41-22-20-40(21-23-41)19-8-24-49(5,44)45/h9-18,25H,6-8,19-24H2,1-5H3/t35-,36+/m0/s1. The Kier molecular flexibility index (Phi) is 11.3. The van der Waals surface area contributed by atoms with Gasteiger partial charge in [-0.05, 0) is 87.3 Å². The summed E-state index contributed by atoms with van der Waals surface area (Å²) in [6.07, 6.45) is 1.76. The van der Waals surface area contributed by atoms with Gasteiger partial charge in [0.25, 0.3) is 0 Å². The number of hydrogen-bond acceptors (Lipinski definition) is 8. The van der Waals surface area contributed by atoms with E-state index in [0.717, 1.165) is 11.1 Å². The molecule has 2 heterocycles. The van der Waals surface area contributed by atoms with E-state index in [4.69, 9.17) is 32.9 Å². The molecule has 5 rings (SSSR count). The molecule has 0 unspecified atom stereocenters. The molecule has 1 fully saturated rings. The molecule has 14 heteroatoms. The van der Waals surface area contributed by atoms with Gasteiger partial charge in [-0.2, -0.15) is 0 Å². The second-order valence-corrected chi connectivity index (χ2v) is 18.4. The summed E-state index contributed by atoms with van der Waals surface area (Å²) < 4.78 is 55.3. The van der Waals surface area contributed by atoms with Crippen LogP contribution in [0.3, 0.4) is 0 Å². The predicted octanol–water partition coefficient (Wildman–Crippen LogP) is 6.25. The molecule has 0 aromatic heterocycles. The van der Waals surface area contributed by atoms with Crippen molar-refractivity contribution in [3.05, 3.63) is 93.5 Å². The monoisotopic (exact) mass is 762 g/mol. The van der Waals surface area contributed by atoms with E-state index in [2.05, 4.69) is 4.90 Å². The number of sulfone groups is 2. The van der Waals surface area contributed by atoms with Gasteiger partial charge >= 0.3 is 6.03 Å². The number of aliphatic imine (C=N–C) groups is 1. The first-order valence-corrected chi connectivity index (χ1v) is 21.1. The Labute approximate surface area is 305 Å². The first kappa shape index (κ1) is 38.1. The largest absolute Gasteiger partial charge is 0.493 e. The third kappa shape index (κ3) is 7.55. The number of benzene rings is 3. The highest BCUT2D eigenvalue weighted by Crippen LogP contribution is 2.54. The number of carbonyl (C=O) groups excluding carboxylic acids is 1. The van der Waals surface area contributed by atoms with Crippen LogP contribution in [0, 0.1) is 0 Å². The van der Waals surface area contributed by atoms with E-state index in [1.54, 1.807) is 47.1 Å². The van der Waals surface area contributed by atoms with E-state index >= 15 is 4.79 Å². The second-order valence-electron chi connectivity index (χ2n) is 13.0. The first-order chi connectivity index (χ1) is 23.5. The van der Waals surface area contributed by atoms with Crippen molar-refractivity contribution in [3.63, 3.8) is 0 Å². The molecule has 0 spiro atoms. The van der Waals surface area contributed by atoms with Crippen LogP contribution < -0.4 is 4.74 Å². The molecule has 0 bridgehead atoms. The van der Waals surface area contributed by atoms with Crippen LogP contribution in [0.15, 0.2) is 76.6 Å². The predicted molar refractivity (Wildman–Crippen MR) is 199 cm³/mol. The summed E-state index contributed by atoms with van der Waals surface area (Å²) in [7, 11) is -6.62. The molecule has 0 aliphatic carbocycles. The normalized spacial score (nSPS) is 21.7. The molecule has 10 nitrogen and oxygen atoms in total. The smallest absolute Gasteiger partial charge is 0.326 e. The molecule has 0 N–H and O–H groups in total. The van der Waals surface area contributed by atoms with Gasteiger partial charge in [-0.1, -0.05) is 54.4 Å². The van der Waals surface area contributed by atoms with Crippen molar-refractivity contribution in [3.8, 4) is 5.75 Å². The van der Waals surface area contributed by atoms with Gasteiger partial charge in [0.2, 0.25) is 0 Å². The third-order valence-corrected chi connectivity index (χ3v) is 13.1. The maximum Gasteiger partial charge on any atom is 0.326 e. The lowest BCUT2D eigenvalue weighted by Crippen LogP contribution is -2.60. The number of ether oxygens (including phenoxy) is 1. The van der Waals surface area contributed by atoms with Gasteiger partial charge in [-0.3, -0.25) is 14.8 Å². The van der Waals surface area contributed by atoms with E-state index < -0.39 is 30.8 Å². The fourth-order valence-corrected chi connectivity index (χ4v) is 8.55. The summed E-state index contributed by atoms with van der Waals surface area (Å²) in [6, 6.07) is 19.2. The SMILES string of the molecule is CCOc1cc(S(=O)(=O)CC)ccc1C1=N[C@@](C)(c2ccc(Cl)cc2)[C@@](C)(c2ccc(Cl)cc2)N1C(=O)N1CCN(CCCS(C)(=O)=O)CC1. The van der Waals surface area contributed by atoms with Gasteiger partial charge in [0.05, 0.1) is 28.6 Å². The van der Waals surface area contributed by atoms with Crippen molar-refractivity contribution in [2.45, 2.75) is 50.1 Å². The first-order valence-electron chi connectivity index (χ1n) is 16.6. The van der Waals surface area contributed by atoms with Gasteiger partial charge in [0, 0.05) is 42.5 Å². The number of amides is 2. The van der Waals surface area contributed by atoms with Gasteiger partial charge < -0.3 is 9.64 Å². The van der Waals surface area contributed by atoms with Crippen LogP contribution in [0.5, 0.6) is 5.75 Å². The lowest BCUT2D eigenvalue weighted by atomic mass is 9.71. The topological polar surface area (TPSA) is 117 Å². The van der Waals surface area contributed by atoms with E-state index in [1.165, 1.54) is 18.4 Å². The maximum absolute atomic E-state index is 15.1. The minimum atomic E-state index is -3.56. The number of hydrogen-bond donors (Lipinski definition) is 0. The van der Waals surface area contributed by atoms with E-state index in [9.17, 15) is 16.8 Å². The molecule has 50 heavy (non-hydrogen) atoms. The Hall–Kier alpha value is -3.16. The minimum Gasteiger partial charge on any atom is -0.493 e. The number of piperazine rings is 1. The van der Waals surface area contributed by atoms with Gasteiger partial charge in [-0.25, -0.2) is 21.6 Å². The molecule has 0 radical (unpaired) electrons. The van der Waals surface area contributed by atoms with Crippen LogP contribution in [-0.4, -0.2) is 100 Å². The lowest BCUT2D eigenvalue weighted by Gasteiger charge is -2.47. The summed E-state index contributed by atoms with van der Waals surface area (Å²) >= 11 is 12.7. The molecule has 3 aromatic carbocycles. The molecule has 2 aliphatic heterocycles. The molecule has 2 aliphatic rings. The van der Waals surface area contributed by atoms with Crippen molar-refractivity contribution in [2.75, 3.05) is 57.1 Å². The van der Waals surface area contributed by atoms with Crippen molar-refractivity contribution >= 4 is 54.7 Å². The molecule has 1 saturated heterocycles. The fourth-order valence-electron chi connectivity index (χ4n) is 6.74. The van der Waals surface area contributed by atoms with Crippen LogP contribution >= 0.6 is 23.2 Å². The summed E-state index contributed by atoms with van der Waals surface area (Å²) in [5.41, 5.74) is -0.114. The van der Waals surface area contributed by atoms with Gasteiger partial charge in [0.15, 0.2) is 9.84 Å². The highest BCUT2D eigenvalue weighted by molar-refractivity contribution is 7.91. The quantitative estimate of drug-likeness (QED) is 0.227. The summed E-state index contributed by atoms with van der Waals surface area (Å²) in [6.45, 7) is 10.2. The Morgan fingerprint density at radius 2 is 1.44 bits per heavy atom. The molecular weight excluding hydrogens is 719 g/mol. The zero-order chi connectivity index (χ0) is 36.5. The summed E-state index contributed by atoms with van der Waals surface area (Å²) in [4.78, 5) is 26.3. The highest BCUT2D eigenvalue weighted by atomic mass is 35.5. The molecule has 3 aromatic rings. The zero-order valence-electron chi connectivity index (χ0n) is 29.0. The Morgan fingerprint density at radius 3 is 1.98 bits per heavy atom. The van der Waals surface area contributed by atoms with Gasteiger partial charge in [0.1, 0.15) is 32.5 Å². The fraction of sp³-hybridized carbons (Fsp3) is 0.444. The van der Waals surface area contributed by atoms with E-state index in [-0.39, 0.29) is 29.0 Å². The second kappa shape index (κ2) is 14.8. The average Bonchev–Trinajstić information content (AvgIpc) is 3.32. The van der Waals surface area contributed by atoms with Crippen molar-refractivity contribution in [2.24, 2.45) is 4.99 Å². The number of rotatable bonds is 11. The summed E-state index contributed by atoms with van der Waals surface area (Å²) in [5.74, 6) is 0.674. The zero-order valence-corrected chi connectivity index (χ0v) is 32.2. The maximum atomic E-state index is 15.1. The van der Waals surface area contributed by atoms with E-state index in [0.29, 0.717) is 66.3 Å². The molecule has 270 valence electrons. The molecule has 2 atom stereocenters. The third-order valence-electron chi connectivity index (χ3n) is 9.81. The van der Waals surface area contributed by atoms with Crippen LogP contribution in [0.25, 0.3) is 0 Å². The summed E-state index contributed by atoms with van der Waals surface area (Å²) in [5, 5.41) is 1.10. The molecule has 0 saturated carbocycles.